The molecule has 3 atom stereocenters. The van der Waals surface area contributed by atoms with Crippen LogP contribution in [0.5, 0.6) is 0 Å². The maximum atomic E-state index is 14.4. The van der Waals surface area contributed by atoms with Crippen LogP contribution in [0.4, 0.5) is 4.39 Å². The number of halogens is 1. The van der Waals surface area contributed by atoms with E-state index in [-0.39, 0.29) is 19.0 Å². The standard InChI is InChI=1S/C24H32FNO4/c25-21-15-19(18-7-3-1-4-8-18)9-10-20(21)17-30-14-6-2-5-12-26-13-11-23(28)24(29)22(26)16-27/h1,3-4,7-10,15,22-24,27-29H,2,5-6,11-14,16-17H2. The molecule has 2 aromatic carbocycles. The summed E-state index contributed by atoms with van der Waals surface area (Å²) in [7, 11) is 0. The number of rotatable bonds is 10. The van der Waals surface area contributed by atoms with Gasteiger partial charge in [-0.05, 0) is 49.4 Å². The van der Waals surface area contributed by atoms with Crippen molar-refractivity contribution in [2.24, 2.45) is 0 Å². The van der Waals surface area contributed by atoms with E-state index in [1.54, 1.807) is 12.1 Å². The molecule has 0 amide bonds. The second-order valence-corrected chi connectivity index (χ2v) is 7.92. The van der Waals surface area contributed by atoms with E-state index in [1.165, 1.54) is 0 Å². The Balaban J connectivity index is 1.34. The Morgan fingerprint density at radius 3 is 2.53 bits per heavy atom. The Labute approximate surface area is 177 Å². The van der Waals surface area contributed by atoms with E-state index >= 15 is 0 Å². The number of benzene rings is 2. The highest BCUT2D eigenvalue weighted by molar-refractivity contribution is 5.63. The number of piperidine rings is 1. The summed E-state index contributed by atoms with van der Waals surface area (Å²) in [6.07, 6.45) is 1.61. The largest absolute Gasteiger partial charge is 0.395 e. The van der Waals surface area contributed by atoms with Gasteiger partial charge in [-0.15, -0.1) is 0 Å². The number of hydrogen-bond acceptors (Lipinski definition) is 5. The molecular weight excluding hydrogens is 385 g/mol. The molecule has 3 N–H and O–H groups in total. The van der Waals surface area contributed by atoms with E-state index in [1.807, 2.05) is 41.3 Å². The number of likely N-dealkylation sites (tertiary alicyclic amines) is 1. The zero-order valence-corrected chi connectivity index (χ0v) is 17.3. The van der Waals surface area contributed by atoms with Gasteiger partial charge in [0.05, 0.1) is 31.5 Å². The Morgan fingerprint density at radius 1 is 1.00 bits per heavy atom. The van der Waals surface area contributed by atoms with Crippen LogP contribution >= 0.6 is 0 Å². The molecule has 0 aromatic heterocycles. The summed E-state index contributed by atoms with van der Waals surface area (Å²) < 4.78 is 20.0. The Morgan fingerprint density at radius 2 is 1.80 bits per heavy atom. The monoisotopic (exact) mass is 417 g/mol. The zero-order chi connectivity index (χ0) is 21.3. The molecule has 0 aliphatic carbocycles. The van der Waals surface area contributed by atoms with Crippen molar-refractivity contribution in [1.29, 1.82) is 0 Å². The lowest BCUT2D eigenvalue weighted by atomic mass is 9.96. The van der Waals surface area contributed by atoms with Crippen molar-refractivity contribution in [2.45, 2.75) is 50.5 Å². The summed E-state index contributed by atoms with van der Waals surface area (Å²) in [6.45, 7) is 2.10. The molecule has 164 valence electrons. The van der Waals surface area contributed by atoms with E-state index in [9.17, 15) is 19.7 Å². The number of aliphatic hydroxyl groups is 3. The van der Waals surface area contributed by atoms with Crippen LogP contribution in [0.3, 0.4) is 0 Å². The minimum atomic E-state index is -0.893. The zero-order valence-electron chi connectivity index (χ0n) is 17.3. The van der Waals surface area contributed by atoms with Gasteiger partial charge in [-0.2, -0.15) is 0 Å². The summed E-state index contributed by atoms with van der Waals surface area (Å²) >= 11 is 0. The molecule has 3 rings (SSSR count). The topological polar surface area (TPSA) is 73.2 Å². The second kappa shape index (κ2) is 11.5. The molecule has 6 heteroatoms. The lowest BCUT2D eigenvalue weighted by molar-refractivity contribution is -0.0897. The molecule has 3 unspecified atom stereocenters. The summed E-state index contributed by atoms with van der Waals surface area (Å²) in [4.78, 5) is 2.04. The van der Waals surface area contributed by atoms with Gasteiger partial charge in [-0.25, -0.2) is 4.39 Å². The third-order valence-corrected chi connectivity index (χ3v) is 5.81. The van der Waals surface area contributed by atoms with Crippen LogP contribution in [0, 0.1) is 5.82 Å². The van der Waals surface area contributed by atoms with Crippen LogP contribution in [0.2, 0.25) is 0 Å². The van der Waals surface area contributed by atoms with E-state index in [0.717, 1.165) is 36.9 Å². The number of nitrogens with zero attached hydrogens (tertiary/aromatic N) is 1. The highest BCUT2D eigenvalue weighted by atomic mass is 19.1. The van der Waals surface area contributed by atoms with Gasteiger partial charge in [-0.3, -0.25) is 4.90 Å². The molecule has 5 nitrogen and oxygen atoms in total. The first-order valence-electron chi connectivity index (χ1n) is 10.7. The normalized spacial score (nSPS) is 22.3. The number of hydrogen-bond donors (Lipinski definition) is 3. The molecule has 30 heavy (non-hydrogen) atoms. The fraction of sp³-hybridized carbons (Fsp3) is 0.500. The third kappa shape index (κ3) is 6.09. The summed E-state index contributed by atoms with van der Waals surface area (Å²) in [5.74, 6) is -0.253. The van der Waals surface area contributed by atoms with Crippen molar-refractivity contribution in [3.63, 3.8) is 0 Å². The highest BCUT2D eigenvalue weighted by Crippen LogP contribution is 2.22. The van der Waals surface area contributed by atoms with E-state index < -0.39 is 18.2 Å². The maximum absolute atomic E-state index is 14.4. The van der Waals surface area contributed by atoms with Gasteiger partial charge in [-0.1, -0.05) is 42.5 Å². The van der Waals surface area contributed by atoms with Gasteiger partial charge in [0.2, 0.25) is 0 Å². The van der Waals surface area contributed by atoms with Gasteiger partial charge in [0.15, 0.2) is 0 Å². The van der Waals surface area contributed by atoms with Crippen molar-refractivity contribution in [1.82, 2.24) is 4.90 Å². The average Bonchev–Trinajstić information content (AvgIpc) is 2.77. The van der Waals surface area contributed by atoms with E-state index in [2.05, 4.69) is 0 Å². The summed E-state index contributed by atoms with van der Waals surface area (Å²) in [5, 5.41) is 29.2. The molecule has 1 saturated heterocycles. The number of unbranched alkanes of at least 4 members (excludes halogenated alkanes) is 2. The van der Waals surface area contributed by atoms with E-state index in [4.69, 9.17) is 4.74 Å². The van der Waals surface area contributed by atoms with Crippen molar-refractivity contribution >= 4 is 0 Å². The summed E-state index contributed by atoms with van der Waals surface area (Å²) in [6, 6.07) is 14.6. The van der Waals surface area contributed by atoms with Crippen LogP contribution in [0.25, 0.3) is 11.1 Å². The molecule has 0 bridgehead atoms. The predicted molar refractivity (Wildman–Crippen MR) is 114 cm³/mol. The first-order chi connectivity index (χ1) is 14.6. The van der Waals surface area contributed by atoms with E-state index in [0.29, 0.717) is 25.1 Å². The fourth-order valence-corrected chi connectivity index (χ4v) is 3.96. The van der Waals surface area contributed by atoms with Gasteiger partial charge in [0.25, 0.3) is 0 Å². The first-order valence-corrected chi connectivity index (χ1v) is 10.7. The van der Waals surface area contributed by atoms with Crippen LogP contribution in [0.1, 0.15) is 31.2 Å². The minimum absolute atomic E-state index is 0.157. The van der Waals surface area contributed by atoms with Gasteiger partial charge < -0.3 is 20.1 Å². The SMILES string of the molecule is OCC1C(O)C(O)CCN1CCCCCOCc1ccc(-c2ccccc2)cc1F. The van der Waals surface area contributed by atoms with Crippen LogP contribution in [-0.4, -0.2) is 64.8 Å². The third-order valence-electron chi connectivity index (χ3n) is 5.81. The first kappa shape index (κ1) is 22.8. The number of aliphatic hydroxyl groups excluding tert-OH is 3. The predicted octanol–water partition coefficient (Wildman–Crippen LogP) is 2.97. The summed E-state index contributed by atoms with van der Waals surface area (Å²) in [5.41, 5.74) is 2.40. The lowest BCUT2D eigenvalue weighted by Gasteiger charge is -2.40. The minimum Gasteiger partial charge on any atom is -0.395 e. The molecule has 0 radical (unpaired) electrons. The molecule has 1 fully saturated rings. The smallest absolute Gasteiger partial charge is 0.129 e. The van der Waals surface area contributed by atoms with Crippen molar-refractivity contribution in [3.05, 3.63) is 59.9 Å². The quantitative estimate of drug-likeness (QED) is 0.519. The van der Waals surface area contributed by atoms with Crippen LogP contribution in [-0.2, 0) is 11.3 Å². The Hall–Kier alpha value is -1.83. The lowest BCUT2D eigenvalue weighted by Crippen LogP contribution is -2.56. The maximum Gasteiger partial charge on any atom is 0.129 e. The van der Waals surface area contributed by atoms with Crippen molar-refractivity contribution < 1.29 is 24.4 Å². The highest BCUT2D eigenvalue weighted by Gasteiger charge is 2.34. The Kier molecular flexibility index (Phi) is 8.78. The van der Waals surface area contributed by atoms with Crippen molar-refractivity contribution in [3.8, 4) is 11.1 Å². The van der Waals surface area contributed by atoms with Crippen LogP contribution in [0.15, 0.2) is 48.5 Å². The fourth-order valence-electron chi connectivity index (χ4n) is 3.96. The molecule has 1 aliphatic heterocycles. The Bertz CT molecular complexity index is 773. The molecule has 0 saturated carbocycles. The second-order valence-electron chi connectivity index (χ2n) is 7.92. The average molecular weight is 418 g/mol. The molecule has 1 heterocycles. The van der Waals surface area contributed by atoms with Crippen LogP contribution < -0.4 is 0 Å². The number of ether oxygens (including phenoxy) is 1. The molecular formula is C24H32FNO4. The van der Waals surface area contributed by atoms with Gasteiger partial charge in [0, 0.05) is 18.7 Å². The molecule has 1 aliphatic rings. The van der Waals surface area contributed by atoms with Gasteiger partial charge in [0.1, 0.15) is 5.82 Å². The van der Waals surface area contributed by atoms with Gasteiger partial charge >= 0.3 is 0 Å². The molecule has 2 aromatic rings. The molecule has 0 spiro atoms. The van der Waals surface area contributed by atoms with Crippen molar-refractivity contribution in [2.75, 3.05) is 26.3 Å².